The number of carbonyl (C=O) groups excluding carboxylic acids is 1. The summed E-state index contributed by atoms with van der Waals surface area (Å²) in [4.78, 5) is 24.8. The molecule has 0 amide bonds. The lowest BCUT2D eigenvalue weighted by molar-refractivity contribution is -0.142. The first-order chi connectivity index (χ1) is 13.9. The summed E-state index contributed by atoms with van der Waals surface area (Å²) in [5.74, 6) is 0.605. The van der Waals surface area contributed by atoms with E-state index >= 15 is 0 Å². The number of hydrogen-bond donors (Lipinski definition) is 0. The summed E-state index contributed by atoms with van der Waals surface area (Å²) in [6, 6.07) is 6.72. The number of halogens is 3. The van der Waals surface area contributed by atoms with Gasteiger partial charge in [-0.2, -0.15) is 28.1 Å². The monoisotopic (exact) mass is 401 g/mol. The molecule has 0 bridgehead atoms. The number of nitrogens with zero attached hydrogens (tertiary/aromatic N) is 7. The first-order valence-corrected chi connectivity index (χ1v) is 8.69. The maximum absolute atomic E-state index is 13.1. The van der Waals surface area contributed by atoms with E-state index in [2.05, 4.69) is 25.1 Å². The molecule has 4 rings (SSSR count). The van der Waals surface area contributed by atoms with Gasteiger partial charge < -0.3 is 0 Å². The molecule has 4 aromatic heterocycles. The van der Waals surface area contributed by atoms with Crippen LogP contribution < -0.4 is 0 Å². The Labute approximate surface area is 162 Å². The van der Waals surface area contributed by atoms with Gasteiger partial charge >= 0.3 is 6.18 Å². The van der Waals surface area contributed by atoms with Crippen LogP contribution in [0.15, 0.2) is 49.1 Å². The van der Waals surface area contributed by atoms with Crippen LogP contribution in [-0.4, -0.2) is 40.1 Å². The van der Waals surface area contributed by atoms with Crippen molar-refractivity contribution in [1.82, 2.24) is 34.3 Å². The number of alkyl halides is 3. The number of fused-ring (bicyclic) bond motifs is 1. The second kappa shape index (κ2) is 7.41. The molecule has 0 saturated heterocycles. The number of pyridine rings is 1. The fourth-order valence-electron chi connectivity index (χ4n) is 2.91. The summed E-state index contributed by atoms with van der Waals surface area (Å²) < 4.78 is 41.5. The Morgan fingerprint density at radius 2 is 1.86 bits per heavy atom. The van der Waals surface area contributed by atoms with E-state index in [4.69, 9.17) is 0 Å². The molecule has 0 aromatic carbocycles. The van der Waals surface area contributed by atoms with E-state index in [-0.39, 0.29) is 23.4 Å². The highest BCUT2D eigenvalue weighted by atomic mass is 19.4. The van der Waals surface area contributed by atoms with E-state index in [1.54, 1.807) is 18.5 Å². The molecule has 8 nitrogen and oxygen atoms in total. The summed E-state index contributed by atoms with van der Waals surface area (Å²) in [5, 5.41) is 7.93. The van der Waals surface area contributed by atoms with Gasteiger partial charge in [-0.25, -0.2) is 19.5 Å². The van der Waals surface area contributed by atoms with Crippen molar-refractivity contribution in [3.63, 3.8) is 0 Å². The zero-order valence-corrected chi connectivity index (χ0v) is 14.9. The molecule has 0 aliphatic carbocycles. The van der Waals surface area contributed by atoms with Crippen molar-refractivity contribution >= 4 is 11.3 Å². The largest absolute Gasteiger partial charge is 0.433 e. The first-order valence-electron chi connectivity index (χ1n) is 8.69. The summed E-state index contributed by atoms with van der Waals surface area (Å²) in [7, 11) is 0. The van der Waals surface area contributed by atoms with Gasteiger partial charge in [0, 0.05) is 25.2 Å². The fourth-order valence-corrected chi connectivity index (χ4v) is 2.91. The van der Waals surface area contributed by atoms with Crippen LogP contribution in [0.25, 0.3) is 11.5 Å². The van der Waals surface area contributed by atoms with Crippen LogP contribution in [0, 0.1) is 0 Å². The third-order valence-corrected chi connectivity index (χ3v) is 4.23. The maximum Gasteiger partial charge on any atom is 0.433 e. The second-order valence-corrected chi connectivity index (χ2v) is 6.19. The minimum Gasteiger partial charge on any atom is -0.292 e. The lowest BCUT2D eigenvalue weighted by atomic mass is 10.1. The molecule has 0 atom stereocenters. The predicted molar refractivity (Wildman–Crippen MR) is 94.4 cm³/mol. The van der Waals surface area contributed by atoms with E-state index < -0.39 is 11.9 Å². The normalized spacial score (nSPS) is 11.8. The van der Waals surface area contributed by atoms with Crippen LogP contribution in [0.3, 0.4) is 0 Å². The first kappa shape index (κ1) is 18.7. The van der Waals surface area contributed by atoms with Crippen LogP contribution in [0.2, 0.25) is 0 Å². The molecule has 0 fully saturated rings. The highest BCUT2D eigenvalue weighted by Crippen LogP contribution is 2.29. The molecule has 0 N–H and O–H groups in total. The molecule has 0 aliphatic heterocycles. The number of aryl methyl sites for hydroxylation is 1. The van der Waals surface area contributed by atoms with Gasteiger partial charge in [-0.05, 0) is 30.7 Å². The number of Topliss-reactive ketones (excluding diaryl/α,β-unsaturated/α-hetero) is 1. The van der Waals surface area contributed by atoms with Crippen LogP contribution in [0.5, 0.6) is 0 Å². The molecule has 29 heavy (non-hydrogen) atoms. The highest BCUT2D eigenvalue weighted by molar-refractivity contribution is 5.95. The van der Waals surface area contributed by atoms with E-state index in [1.807, 2.05) is 0 Å². The Hall–Kier alpha value is -3.63. The van der Waals surface area contributed by atoms with Gasteiger partial charge in [-0.3, -0.25) is 4.79 Å². The minimum absolute atomic E-state index is 0.00504. The van der Waals surface area contributed by atoms with E-state index in [0.29, 0.717) is 24.6 Å². The van der Waals surface area contributed by atoms with Crippen LogP contribution in [-0.2, 0) is 12.6 Å². The van der Waals surface area contributed by atoms with Crippen molar-refractivity contribution in [2.75, 3.05) is 0 Å². The predicted octanol–water partition coefficient (Wildman–Crippen LogP) is 2.93. The van der Waals surface area contributed by atoms with Crippen molar-refractivity contribution in [2.45, 2.75) is 25.4 Å². The SMILES string of the molecule is O=C(CCCc1ncnn1-c1ncccn1)c1cc2cccc(C(F)(F)F)n2n1. The third kappa shape index (κ3) is 3.84. The quantitative estimate of drug-likeness (QED) is 0.462. The molecule has 0 spiro atoms. The number of carbonyl (C=O) groups is 1. The van der Waals surface area contributed by atoms with Gasteiger partial charge in [0.1, 0.15) is 23.5 Å². The molecule has 0 aliphatic rings. The van der Waals surface area contributed by atoms with E-state index in [1.165, 1.54) is 29.2 Å². The van der Waals surface area contributed by atoms with Gasteiger partial charge in [0.05, 0.1) is 5.52 Å². The molecule has 11 heteroatoms. The van der Waals surface area contributed by atoms with Crippen molar-refractivity contribution in [2.24, 2.45) is 0 Å². The number of hydrogen-bond acceptors (Lipinski definition) is 6. The molecule has 0 unspecified atom stereocenters. The maximum atomic E-state index is 13.1. The summed E-state index contributed by atoms with van der Waals surface area (Å²) in [6.07, 6.45) is 0.916. The fraction of sp³-hybridized carbons (Fsp3) is 0.222. The number of ketones is 1. The Morgan fingerprint density at radius 3 is 2.62 bits per heavy atom. The van der Waals surface area contributed by atoms with Gasteiger partial charge in [0.25, 0.3) is 5.95 Å². The molecular weight excluding hydrogens is 387 g/mol. The van der Waals surface area contributed by atoms with Gasteiger partial charge in [0.2, 0.25) is 0 Å². The zero-order valence-electron chi connectivity index (χ0n) is 14.9. The molecule has 0 saturated carbocycles. The molecular formula is C18H14F3N7O. The Kier molecular flexibility index (Phi) is 4.79. The van der Waals surface area contributed by atoms with Crippen molar-refractivity contribution in [3.05, 3.63) is 66.3 Å². The standard InChI is InChI=1S/C18H14F3N7O/c19-18(20,21)15-6-1-4-12-10-13(26-27(12)15)14(29)5-2-7-16-24-11-25-28(16)17-22-8-3-9-23-17/h1,3-4,6,8-11H,2,5,7H2. The topological polar surface area (TPSA) is 90.9 Å². The van der Waals surface area contributed by atoms with E-state index in [9.17, 15) is 18.0 Å². The average molecular weight is 401 g/mol. The van der Waals surface area contributed by atoms with Crippen molar-refractivity contribution in [1.29, 1.82) is 0 Å². The summed E-state index contributed by atoms with van der Waals surface area (Å²) in [5.41, 5.74) is -0.719. The lowest BCUT2D eigenvalue weighted by Crippen LogP contribution is -2.12. The van der Waals surface area contributed by atoms with Crippen molar-refractivity contribution < 1.29 is 18.0 Å². The van der Waals surface area contributed by atoms with Crippen molar-refractivity contribution in [3.8, 4) is 5.95 Å². The zero-order chi connectivity index (χ0) is 20.4. The Morgan fingerprint density at radius 1 is 1.07 bits per heavy atom. The Balaban J connectivity index is 1.46. The third-order valence-electron chi connectivity index (χ3n) is 4.23. The second-order valence-electron chi connectivity index (χ2n) is 6.19. The molecule has 4 aromatic rings. The average Bonchev–Trinajstić information content (AvgIpc) is 3.34. The van der Waals surface area contributed by atoms with Crippen LogP contribution in [0.1, 0.15) is 34.8 Å². The molecule has 4 heterocycles. The van der Waals surface area contributed by atoms with Crippen LogP contribution in [0.4, 0.5) is 13.2 Å². The summed E-state index contributed by atoms with van der Waals surface area (Å²) >= 11 is 0. The summed E-state index contributed by atoms with van der Waals surface area (Å²) in [6.45, 7) is 0. The molecule has 148 valence electrons. The highest BCUT2D eigenvalue weighted by Gasteiger charge is 2.34. The Bertz CT molecular complexity index is 1150. The minimum atomic E-state index is -4.56. The smallest absolute Gasteiger partial charge is 0.292 e. The van der Waals surface area contributed by atoms with Gasteiger partial charge in [-0.1, -0.05) is 6.07 Å². The molecule has 0 radical (unpaired) electrons. The van der Waals surface area contributed by atoms with Gasteiger partial charge in [-0.15, -0.1) is 0 Å². The lowest BCUT2D eigenvalue weighted by Gasteiger charge is -2.07. The van der Waals surface area contributed by atoms with Crippen LogP contribution >= 0.6 is 0 Å². The van der Waals surface area contributed by atoms with E-state index in [0.717, 1.165) is 10.6 Å². The number of rotatable bonds is 6. The number of aromatic nitrogens is 7. The van der Waals surface area contributed by atoms with Gasteiger partial charge in [0.15, 0.2) is 5.78 Å².